The van der Waals surface area contributed by atoms with Gasteiger partial charge in [0.15, 0.2) is 0 Å². The first-order valence-corrected chi connectivity index (χ1v) is 10.7. The summed E-state index contributed by atoms with van der Waals surface area (Å²) in [5, 5.41) is 0. The molecule has 5 nitrogen and oxygen atoms in total. The summed E-state index contributed by atoms with van der Waals surface area (Å²) in [6.07, 6.45) is 0. The molecule has 0 atom stereocenters. The normalized spacial score (nSPS) is 11.1. The van der Waals surface area contributed by atoms with Crippen LogP contribution in [-0.2, 0) is 10.1 Å². The molecule has 0 aliphatic heterocycles. The summed E-state index contributed by atoms with van der Waals surface area (Å²) in [7, 11) is 3.54. The third kappa shape index (κ3) is 5.45. The monoisotopic (exact) mass is 433 g/mol. The van der Waals surface area contributed by atoms with Crippen LogP contribution in [0.2, 0.25) is 0 Å². The second kappa shape index (κ2) is 9.98. The fraction of sp³-hybridized carbons (Fsp3) is 0.217. The van der Waals surface area contributed by atoms with E-state index in [0.717, 1.165) is 22.5 Å². The first kappa shape index (κ1) is 24.4. The molecule has 3 rings (SSSR count). The quantitative estimate of drug-likeness (QED) is 0.360. The van der Waals surface area contributed by atoms with Gasteiger partial charge in [0.05, 0.1) is 4.90 Å². The maximum Gasteiger partial charge on any atom is 1.00 e. The molecule has 0 unspecified atom stereocenters. The van der Waals surface area contributed by atoms with Gasteiger partial charge in [0, 0.05) is 45.5 Å². The van der Waals surface area contributed by atoms with Crippen molar-refractivity contribution in [3.05, 3.63) is 89.5 Å². The average molecular weight is 434 g/mol. The van der Waals surface area contributed by atoms with E-state index < -0.39 is 10.1 Å². The van der Waals surface area contributed by atoms with Crippen LogP contribution in [0.25, 0.3) is 0 Å². The summed E-state index contributed by atoms with van der Waals surface area (Å²) in [6, 6.07) is 22.6. The largest absolute Gasteiger partial charge is 1.00 e. The maximum absolute atomic E-state index is 12.0. The van der Waals surface area contributed by atoms with Crippen molar-refractivity contribution < 1.29 is 42.5 Å². The molecule has 0 saturated heterocycles. The molecule has 0 bridgehead atoms. The Morgan fingerprint density at radius 2 is 1.10 bits per heavy atom. The van der Waals surface area contributed by atoms with E-state index >= 15 is 0 Å². The Labute approximate surface area is 201 Å². The Kier molecular flexibility index (Phi) is 8.13. The number of hydrogen-bond acceptors (Lipinski definition) is 4. The fourth-order valence-electron chi connectivity index (χ4n) is 3.44. The molecular formula is C23H26N2NaO3S+. The van der Waals surface area contributed by atoms with Crippen molar-refractivity contribution in [1.29, 1.82) is 0 Å². The van der Waals surface area contributed by atoms with Crippen molar-refractivity contribution in [2.75, 3.05) is 38.0 Å². The molecule has 0 aromatic heterocycles. The SMILES string of the molecule is CN(C)c1ccc(C(c2ccc(N(C)C)cc2)c2ccccc2S(=O)(=O)O)cc1.[Na+]. The summed E-state index contributed by atoms with van der Waals surface area (Å²) in [5.41, 5.74) is 4.55. The molecule has 3 aromatic carbocycles. The summed E-state index contributed by atoms with van der Waals surface area (Å²) >= 11 is 0. The van der Waals surface area contributed by atoms with Crippen LogP contribution in [-0.4, -0.2) is 41.2 Å². The van der Waals surface area contributed by atoms with Gasteiger partial charge in [0.1, 0.15) is 0 Å². The van der Waals surface area contributed by atoms with Crippen LogP contribution in [0, 0.1) is 0 Å². The minimum atomic E-state index is -4.35. The zero-order valence-corrected chi connectivity index (χ0v) is 20.9. The smallest absolute Gasteiger partial charge is 0.378 e. The second-order valence-corrected chi connectivity index (χ2v) is 8.81. The number of hydrogen-bond donors (Lipinski definition) is 1. The molecule has 30 heavy (non-hydrogen) atoms. The zero-order chi connectivity index (χ0) is 21.2. The van der Waals surface area contributed by atoms with Gasteiger partial charge in [-0.15, -0.1) is 0 Å². The fourth-order valence-corrected chi connectivity index (χ4v) is 4.17. The Bertz CT molecular complexity index is 1030. The molecule has 0 heterocycles. The standard InChI is InChI=1S/C23H26N2O3S.Na/c1-24(2)19-13-9-17(10-14-19)23(18-11-15-20(16-12-18)25(3)4)21-7-5-6-8-22(21)29(26,27)28;/h5-16,23H,1-4H3,(H,26,27,28);/q;+1. The molecule has 152 valence electrons. The predicted octanol–water partition coefficient (Wildman–Crippen LogP) is 1.25. The summed E-state index contributed by atoms with van der Waals surface area (Å²) in [6.45, 7) is 0. The Morgan fingerprint density at radius 3 is 1.47 bits per heavy atom. The Hall–Kier alpha value is -1.83. The molecular weight excluding hydrogens is 407 g/mol. The molecule has 0 spiro atoms. The molecule has 0 saturated carbocycles. The van der Waals surface area contributed by atoms with Gasteiger partial charge in [0.2, 0.25) is 0 Å². The van der Waals surface area contributed by atoms with Gasteiger partial charge in [-0.3, -0.25) is 4.55 Å². The van der Waals surface area contributed by atoms with E-state index in [9.17, 15) is 13.0 Å². The number of benzene rings is 3. The van der Waals surface area contributed by atoms with Crippen molar-refractivity contribution >= 4 is 21.5 Å². The van der Waals surface area contributed by atoms with Gasteiger partial charge in [-0.1, -0.05) is 42.5 Å². The Balaban J connectivity index is 0.00000320. The van der Waals surface area contributed by atoms with E-state index in [0.29, 0.717) is 5.56 Å². The van der Waals surface area contributed by atoms with Crippen molar-refractivity contribution in [3.8, 4) is 0 Å². The van der Waals surface area contributed by atoms with Crippen molar-refractivity contribution in [2.45, 2.75) is 10.8 Å². The van der Waals surface area contributed by atoms with Crippen LogP contribution >= 0.6 is 0 Å². The molecule has 0 aliphatic carbocycles. The predicted molar refractivity (Wildman–Crippen MR) is 119 cm³/mol. The van der Waals surface area contributed by atoms with Crippen molar-refractivity contribution in [1.82, 2.24) is 0 Å². The van der Waals surface area contributed by atoms with Crippen LogP contribution in [0.3, 0.4) is 0 Å². The maximum atomic E-state index is 12.0. The Morgan fingerprint density at radius 1 is 0.700 bits per heavy atom. The average Bonchev–Trinajstić information content (AvgIpc) is 2.68. The van der Waals surface area contributed by atoms with Crippen LogP contribution < -0.4 is 39.4 Å². The first-order chi connectivity index (χ1) is 13.7. The zero-order valence-electron chi connectivity index (χ0n) is 18.1. The summed E-state index contributed by atoms with van der Waals surface area (Å²) < 4.78 is 33.9. The third-order valence-corrected chi connectivity index (χ3v) is 5.92. The van der Waals surface area contributed by atoms with Crippen LogP contribution in [0.5, 0.6) is 0 Å². The molecule has 0 radical (unpaired) electrons. The molecule has 7 heteroatoms. The van der Waals surface area contributed by atoms with E-state index in [2.05, 4.69) is 0 Å². The van der Waals surface area contributed by atoms with E-state index in [1.165, 1.54) is 6.07 Å². The van der Waals surface area contributed by atoms with Gasteiger partial charge in [-0.2, -0.15) is 8.42 Å². The second-order valence-electron chi connectivity index (χ2n) is 7.42. The molecule has 0 amide bonds. The van der Waals surface area contributed by atoms with Crippen molar-refractivity contribution in [3.63, 3.8) is 0 Å². The minimum absolute atomic E-state index is 0. The van der Waals surface area contributed by atoms with Gasteiger partial charge in [-0.05, 0) is 47.0 Å². The molecule has 0 aliphatic rings. The van der Waals surface area contributed by atoms with Crippen molar-refractivity contribution in [2.24, 2.45) is 0 Å². The summed E-state index contributed by atoms with van der Waals surface area (Å²) in [4.78, 5) is 3.95. The van der Waals surface area contributed by atoms with E-state index in [4.69, 9.17) is 0 Å². The van der Waals surface area contributed by atoms with Crippen LogP contribution in [0.15, 0.2) is 77.7 Å². The number of rotatable bonds is 6. The van der Waals surface area contributed by atoms with Gasteiger partial charge in [0.25, 0.3) is 10.1 Å². The van der Waals surface area contributed by atoms with Gasteiger partial charge in [-0.25, -0.2) is 0 Å². The van der Waals surface area contributed by atoms with Crippen LogP contribution in [0.4, 0.5) is 11.4 Å². The first-order valence-electron chi connectivity index (χ1n) is 9.29. The minimum Gasteiger partial charge on any atom is -0.378 e. The molecule has 0 fully saturated rings. The van der Waals surface area contributed by atoms with E-state index in [1.807, 2.05) is 86.5 Å². The van der Waals surface area contributed by atoms with Gasteiger partial charge < -0.3 is 9.80 Å². The van der Waals surface area contributed by atoms with E-state index in [-0.39, 0.29) is 40.4 Å². The van der Waals surface area contributed by atoms with E-state index in [1.54, 1.807) is 18.2 Å². The third-order valence-electron chi connectivity index (χ3n) is 4.99. The topological polar surface area (TPSA) is 60.9 Å². The summed E-state index contributed by atoms with van der Waals surface area (Å²) in [5.74, 6) is -0.333. The number of nitrogens with zero attached hydrogens (tertiary/aromatic N) is 2. The van der Waals surface area contributed by atoms with Gasteiger partial charge >= 0.3 is 29.6 Å². The molecule has 3 aromatic rings. The molecule has 1 N–H and O–H groups in total. The van der Waals surface area contributed by atoms with Crippen LogP contribution in [0.1, 0.15) is 22.6 Å². The number of anilines is 2.